The van der Waals surface area contributed by atoms with Gasteiger partial charge in [-0.25, -0.2) is 0 Å². The molecule has 0 saturated heterocycles. The number of hydrogen-bond acceptors (Lipinski definition) is 2. The van der Waals surface area contributed by atoms with Crippen LogP contribution in [0.1, 0.15) is 25.0 Å². The largest absolute Gasteiger partial charge is 0.456 e. The average Bonchev–Trinajstić information content (AvgIpc) is 3.59. The summed E-state index contributed by atoms with van der Waals surface area (Å²) in [6.45, 7) is 4.68. The van der Waals surface area contributed by atoms with Crippen molar-refractivity contribution < 1.29 is 4.42 Å². The van der Waals surface area contributed by atoms with Crippen molar-refractivity contribution in [3.05, 3.63) is 163 Å². The summed E-state index contributed by atoms with van der Waals surface area (Å²) >= 11 is 0. The third-order valence-corrected chi connectivity index (χ3v) is 10.4. The normalized spacial score (nSPS) is 13.5. The lowest BCUT2D eigenvalue weighted by molar-refractivity contribution is 0.660. The van der Waals surface area contributed by atoms with Gasteiger partial charge in [0, 0.05) is 33.2 Å². The van der Waals surface area contributed by atoms with E-state index >= 15 is 0 Å². The van der Waals surface area contributed by atoms with Gasteiger partial charge in [0.25, 0.3) is 0 Å². The second-order valence-corrected chi connectivity index (χ2v) is 13.4. The molecule has 1 heterocycles. The molecule has 8 aromatic carbocycles. The Balaban J connectivity index is 1.26. The van der Waals surface area contributed by atoms with Gasteiger partial charge in [0.05, 0.1) is 0 Å². The van der Waals surface area contributed by atoms with Gasteiger partial charge >= 0.3 is 0 Å². The highest BCUT2D eigenvalue weighted by atomic mass is 16.3. The number of furan rings is 1. The van der Waals surface area contributed by atoms with Crippen molar-refractivity contribution in [2.45, 2.75) is 19.3 Å². The minimum Gasteiger partial charge on any atom is -0.456 e. The topological polar surface area (TPSA) is 16.4 Å². The summed E-state index contributed by atoms with van der Waals surface area (Å²) in [6, 6.07) is 55.4. The number of benzene rings is 8. The predicted molar refractivity (Wildman–Crippen MR) is 198 cm³/mol. The zero-order valence-electron chi connectivity index (χ0n) is 26.3. The standard InChI is InChI=1S/C45H31NO/c1-45(2)40-13-7-5-11-35(40)38-26-32(21-23-41(38)45)46(33-22-24-43-39(27-33)36-12-6-8-14-42(36)47-43)31-20-19-29-16-18-30-17-15-28-9-3-4-10-34(28)44(30)37(29)25-31/h3-27H,1-2H3. The maximum absolute atomic E-state index is 6.25. The molecule has 0 amide bonds. The van der Waals surface area contributed by atoms with Crippen molar-refractivity contribution in [3.8, 4) is 11.1 Å². The maximum Gasteiger partial charge on any atom is 0.135 e. The minimum atomic E-state index is -0.0488. The lowest BCUT2D eigenvalue weighted by Gasteiger charge is -2.27. The van der Waals surface area contributed by atoms with Crippen LogP contribution in [0.2, 0.25) is 0 Å². The number of para-hydroxylation sites is 1. The van der Waals surface area contributed by atoms with Crippen molar-refractivity contribution in [1.82, 2.24) is 0 Å². The summed E-state index contributed by atoms with van der Waals surface area (Å²) in [6.07, 6.45) is 0. The fourth-order valence-corrected chi connectivity index (χ4v) is 8.10. The Morgan fingerprint density at radius 1 is 0.426 bits per heavy atom. The number of fused-ring (bicyclic) bond motifs is 11. The summed E-state index contributed by atoms with van der Waals surface area (Å²) < 4.78 is 6.25. The third kappa shape index (κ3) is 3.79. The Morgan fingerprint density at radius 3 is 1.87 bits per heavy atom. The molecule has 0 fully saturated rings. The van der Waals surface area contributed by atoms with E-state index in [1.807, 2.05) is 12.1 Å². The Hall–Kier alpha value is -5.86. The summed E-state index contributed by atoms with van der Waals surface area (Å²) in [5, 5.41) is 9.82. The Bertz CT molecular complexity index is 2720. The van der Waals surface area contributed by atoms with E-state index in [4.69, 9.17) is 4.42 Å². The quantitative estimate of drug-likeness (QED) is 0.187. The van der Waals surface area contributed by atoms with Crippen molar-refractivity contribution in [1.29, 1.82) is 0 Å². The van der Waals surface area contributed by atoms with E-state index in [0.717, 1.165) is 39.0 Å². The molecule has 1 aliphatic rings. The van der Waals surface area contributed by atoms with Gasteiger partial charge in [-0.1, -0.05) is 117 Å². The molecule has 0 bridgehead atoms. The number of anilines is 3. The molecule has 222 valence electrons. The van der Waals surface area contributed by atoms with Gasteiger partial charge in [-0.2, -0.15) is 0 Å². The van der Waals surface area contributed by atoms with E-state index in [-0.39, 0.29) is 5.41 Å². The fraction of sp³-hybridized carbons (Fsp3) is 0.0667. The first-order valence-corrected chi connectivity index (χ1v) is 16.3. The molecule has 0 unspecified atom stereocenters. The van der Waals surface area contributed by atoms with E-state index < -0.39 is 0 Å². The highest BCUT2D eigenvalue weighted by molar-refractivity contribution is 6.21. The first kappa shape index (κ1) is 26.4. The van der Waals surface area contributed by atoms with Crippen LogP contribution < -0.4 is 4.90 Å². The average molecular weight is 602 g/mol. The van der Waals surface area contributed by atoms with Gasteiger partial charge < -0.3 is 9.32 Å². The van der Waals surface area contributed by atoms with Crippen molar-refractivity contribution in [2.75, 3.05) is 4.90 Å². The van der Waals surface area contributed by atoms with Crippen LogP contribution in [0.5, 0.6) is 0 Å². The van der Waals surface area contributed by atoms with Crippen LogP contribution in [0.4, 0.5) is 17.1 Å². The van der Waals surface area contributed by atoms with E-state index in [0.29, 0.717) is 0 Å². The molecule has 47 heavy (non-hydrogen) atoms. The number of rotatable bonds is 3. The summed E-state index contributed by atoms with van der Waals surface area (Å²) in [4.78, 5) is 2.42. The molecule has 0 radical (unpaired) electrons. The van der Waals surface area contributed by atoms with Gasteiger partial charge in [0.2, 0.25) is 0 Å². The molecular formula is C45H31NO. The Morgan fingerprint density at radius 2 is 1.00 bits per heavy atom. The first-order valence-electron chi connectivity index (χ1n) is 16.3. The zero-order valence-corrected chi connectivity index (χ0v) is 26.3. The summed E-state index contributed by atoms with van der Waals surface area (Å²) in [5.41, 5.74) is 10.5. The first-order chi connectivity index (χ1) is 23.0. The number of nitrogens with zero attached hydrogens (tertiary/aromatic N) is 1. The molecule has 10 rings (SSSR count). The molecule has 1 aliphatic carbocycles. The highest BCUT2D eigenvalue weighted by Gasteiger charge is 2.35. The van der Waals surface area contributed by atoms with Crippen LogP contribution in [-0.2, 0) is 5.41 Å². The summed E-state index contributed by atoms with van der Waals surface area (Å²) in [5.74, 6) is 0. The fourth-order valence-electron chi connectivity index (χ4n) is 8.10. The van der Waals surface area contributed by atoms with E-state index in [2.05, 4.69) is 158 Å². The zero-order chi connectivity index (χ0) is 31.3. The van der Waals surface area contributed by atoms with Gasteiger partial charge in [-0.3, -0.25) is 0 Å². The Kier molecular flexibility index (Phi) is 5.37. The molecule has 2 heteroatoms. The third-order valence-electron chi connectivity index (χ3n) is 10.4. The van der Waals surface area contributed by atoms with Crippen molar-refractivity contribution in [3.63, 3.8) is 0 Å². The SMILES string of the molecule is CC1(C)c2ccccc2-c2cc(N(c3ccc4oc5ccccc5c4c3)c3ccc4ccc5ccc6ccccc6c5c4c3)ccc21. The summed E-state index contributed by atoms with van der Waals surface area (Å²) in [7, 11) is 0. The second kappa shape index (κ2) is 9.57. The van der Waals surface area contributed by atoms with Crippen molar-refractivity contribution in [2.24, 2.45) is 0 Å². The molecular weight excluding hydrogens is 571 g/mol. The van der Waals surface area contributed by atoms with E-state index in [1.54, 1.807) is 0 Å². The van der Waals surface area contributed by atoms with Crippen LogP contribution >= 0.6 is 0 Å². The van der Waals surface area contributed by atoms with Crippen LogP contribution in [0.15, 0.2) is 156 Å². The van der Waals surface area contributed by atoms with Crippen LogP contribution in [0, 0.1) is 0 Å². The van der Waals surface area contributed by atoms with Crippen LogP contribution in [0.3, 0.4) is 0 Å². The molecule has 9 aromatic rings. The smallest absolute Gasteiger partial charge is 0.135 e. The van der Waals surface area contributed by atoms with Gasteiger partial charge in [0.1, 0.15) is 11.2 Å². The highest BCUT2D eigenvalue weighted by Crippen LogP contribution is 2.51. The second-order valence-electron chi connectivity index (χ2n) is 13.4. The van der Waals surface area contributed by atoms with Gasteiger partial charge in [-0.15, -0.1) is 0 Å². The minimum absolute atomic E-state index is 0.0488. The molecule has 0 N–H and O–H groups in total. The molecule has 1 aromatic heterocycles. The molecule has 0 atom stereocenters. The molecule has 0 spiro atoms. The van der Waals surface area contributed by atoms with Gasteiger partial charge in [0.15, 0.2) is 0 Å². The predicted octanol–water partition coefficient (Wildman–Crippen LogP) is 12.8. The maximum atomic E-state index is 6.25. The molecule has 0 aliphatic heterocycles. The van der Waals surface area contributed by atoms with Crippen LogP contribution in [0.25, 0.3) is 65.4 Å². The lowest BCUT2D eigenvalue weighted by atomic mass is 9.82. The molecule has 2 nitrogen and oxygen atoms in total. The van der Waals surface area contributed by atoms with E-state index in [1.165, 1.54) is 54.6 Å². The molecule has 0 saturated carbocycles. The van der Waals surface area contributed by atoms with Gasteiger partial charge in [-0.05, 0) is 103 Å². The Labute approximate surface area is 273 Å². The van der Waals surface area contributed by atoms with E-state index in [9.17, 15) is 0 Å². The monoisotopic (exact) mass is 601 g/mol. The van der Waals surface area contributed by atoms with Crippen molar-refractivity contribution >= 4 is 71.3 Å². The van der Waals surface area contributed by atoms with Crippen LogP contribution in [-0.4, -0.2) is 0 Å². The number of hydrogen-bond donors (Lipinski definition) is 0. The lowest BCUT2D eigenvalue weighted by Crippen LogP contribution is -2.15.